The van der Waals surface area contributed by atoms with Crippen LogP contribution in [0.25, 0.3) is 0 Å². The Labute approximate surface area is 75.4 Å². The minimum absolute atomic E-state index is 0.651. The van der Waals surface area contributed by atoms with Crippen LogP contribution in [0.1, 0.15) is 11.8 Å². The summed E-state index contributed by atoms with van der Waals surface area (Å²) in [6.07, 6.45) is 1.82. The second kappa shape index (κ2) is 4.52. The Morgan fingerprint density at radius 3 is 3.25 bits per heavy atom. The number of amidine groups is 1. The number of rotatable bonds is 2. The van der Waals surface area contributed by atoms with Crippen LogP contribution in [-0.2, 0) is 6.54 Å². The monoisotopic (exact) mass is 179 g/mol. The molecule has 1 aromatic heterocycles. The number of nitrogens with one attached hydrogen (secondary N) is 1. The summed E-state index contributed by atoms with van der Waals surface area (Å²) >= 11 is 1.67. The van der Waals surface area contributed by atoms with Gasteiger partial charge in [0.2, 0.25) is 0 Å². The number of thiophene rings is 1. The van der Waals surface area contributed by atoms with Gasteiger partial charge in [0.25, 0.3) is 0 Å². The Hall–Kier alpha value is -1.34. The van der Waals surface area contributed by atoms with Crippen molar-refractivity contribution in [2.45, 2.75) is 13.5 Å². The molecule has 3 nitrogen and oxygen atoms in total. The lowest BCUT2D eigenvalue weighted by molar-refractivity contribution is 1.06. The number of hydrogen-bond donors (Lipinski definition) is 1. The molecule has 0 saturated heterocycles. The van der Waals surface area contributed by atoms with E-state index in [4.69, 9.17) is 5.26 Å². The molecule has 0 aliphatic carbocycles. The molecule has 0 spiro atoms. The van der Waals surface area contributed by atoms with Gasteiger partial charge in [0, 0.05) is 4.88 Å². The molecule has 0 radical (unpaired) electrons. The van der Waals surface area contributed by atoms with Crippen LogP contribution < -0.4 is 5.32 Å². The SMILES string of the molecule is CC(=NCc1cccs1)NC#N. The molecule has 1 heterocycles. The number of nitriles is 1. The number of nitrogens with zero attached hydrogens (tertiary/aromatic N) is 2. The van der Waals surface area contributed by atoms with Gasteiger partial charge in [-0.3, -0.25) is 10.3 Å². The maximum Gasteiger partial charge on any atom is 0.182 e. The summed E-state index contributed by atoms with van der Waals surface area (Å²) < 4.78 is 0. The molecular weight excluding hydrogens is 170 g/mol. The van der Waals surface area contributed by atoms with Crippen LogP contribution in [0.4, 0.5) is 0 Å². The van der Waals surface area contributed by atoms with Crippen molar-refractivity contribution in [3.63, 3.8) is 0 Å². The summed E-state index contributed by atoms with van der Waals surface area (Å²) in [6.45, 7) is 2.43. The molecule has 0 aliphatic heterocycles. The standard InChI is InChI=1S/C8H9N3S/c1-7(11-6-9)10-5-8-3-2-4-12-8/h2-4H,5H2,1H3,(H,10,11). The summed E-state index contributed by atoms with van der Waals surface area (Å²) in [4.78, 5) is 5.35. The molecule has 12 heavy (non-hydrogen) atoms. The van der Waals surface area contributed by atoms with Crippen molar-refractivity contribution in [1.29, 1.82) is 5.26 Å². The summed E-state index contributed by atoms with van der Waals surface area (Å²) in [5.74, 6) is 0.658. The van der Waals surface area contributed by atoms with Gasteiger partial charge in [0.15, 0.2) is 6.19 Å². The first kappa shape index (κ1) is 8.75. The third-order valence-corrected chi connectivity index (χ3v) is 2.15. The average molecular weight is 179 g/mol. The van der Waals surface area contributed by atoms with E-state index in [0.29, 0.717) is 12.4 Å². The zero-order valence-electron chi connectivity index (χ0n) is 6.74. The van der Waals surface area contributed by atoms with E-state index in [0.717, 1.165) is 0 Å². The minimum Gasteiger partial charge on any atom is -0.281 e. The summed E-state index contributed by atoms with van der Waals surface area (Å²) in [7, 11) is 0. The fraction of sp³-hybridized carbons (Fsp3) is 0.250. The highest BCUT2D eigenvalue weighted by Gasteiger charge is 1.91. The van der Waals surface area contributed by atoms with E-state index in [1.807, 2.05) is 23.7 Å². The second-order valence-electron chi connectivity index (χ2n) is 2.22. The van der Waals surface area contributed by atoms with Crippen LogP contribution >= 0.6 is 11.3 Å². The van der Waals surface area contributed by atoms with Gasteiger partial charge >= 0.3 is 0 Å². The van der Waals surface area contributed by atoms with Crippen molar-refractivity contribution >= 4 is 17.2 Å². The van der Waals surface area contributed by atoms with Crippen molar-refractivity contribution in [3.05, 3.63) is 22.4 Å². The molecule has 0 aliphatic rings. The van der Waals surface area contributed by atoms with E-state index in [1.165, 1.54) is 4.88 Å². The zero-order valence-corrected chi connectivity index (χ0v) is 7.56. The predicted octanol–water partition coefficient (Wildman–Crippen LogP) is 1.74. The Bertz CT molecular complexity index is 295. The van der Waals surface area contributed by atoms with E-state index in [1.54, 1.807) is 18.3 Å². The maximum absolute atomic E-state index is 8.25. The van der Waals surface area contributed by atoms with E-state index >= 15 is 0 Å². The molecule has 0 bridgehead atoms. The van der Waals surface area contributed by atoms with Gasteiger partial charge in [-0.25, -0.2) is 0 Å². The smallest absolute Gasteiger partial charge is 0.182 e. The largest absolute Gasteiger partial charge is 0.281 e. The molecular formula is C8H9N3S. The van der Waals surface area contributed by atoms with Crippen molar-refractivity contribution in [1.82, 2.24) is 5.32 Å². The van der Waals surface area contributed by atoms with Gasteiger partial charge in [0.05, 0.1) is 6.54 Å². The van der Waals surface area contributed by atoms with Crippen LogP contribution in [0, 0.1) is 11.5 Å². The van der Waals surface area contributed by atoms with Crippen molar-refractivity contribution < 1.29 is 0 Å². The molecule has 1 rings (SSSR count). The van der Waals surface area contributed by atoms with Gasteiger partial charge in [0.1, 0.15) is 5.84 Å². The van der Waals surface area contributed by atoms with Crippen LogP contribution in [0.15, 0.2) is 22.5 Å². The first-order valence-electron chi connectivity index (χ1n) is 3.51. The fourth-order valence-corrected chi connectivity index (χ4v) is 1.35. The fourth-order valence-electron chi connectivity index (χ4n) is 0.719. The lowest BCUT2D eigenvalue weighted by atomic mass is 10.5. The van der Waals surface area contributed by atoms with Crippen LogP contribution in [0.2, 0.25) is 0 Å². The highest BCUT2D eigenvalue weighted by molar-refractivity contribution is 7.09. The number of hydrogen-bond acceptors (Lipinski definition) is 3. The van der Waals surface area contributed by atoms with E-state index in [2.05, 4.69) is 10.3 Å². The van der Waals surface area contributed by atoms with Gasteiger partial charge in [-0.05, 0) is 18.4 Å². The summed E-state index contributed by atoms with van der Waals surface area (Å²) in [5, 5.41) is 12.7. The minimum atomic E-state index is 0.651. The van der Waals surface area contributed by atoms with E-state index in [-0.39, 0.29) is 0 Å². The molecule has 4 heteroatoms. The molecule has 0 unspecified atom stereocenters. The van der Waals surface area contributed by atoms with Crippen LogP contribution in [0.3, 0.4) is 0 Å². The van der Waals surface area contributed by atoms with Gasteiger partial charge in [-0.1, -0.05) is 6.07 Å². The average Bonchev–Trinajstić information content (AvgIpc) is 2.53. The highest BCUT2D eigenvalue weighted by Crippen LogP contribution is 2.09. The highest BCUT2D eigenvalue weighted by atomic mass is 32.1. The summed E-state index contributed by atoms with van der Waals surface area (Å²) in [6, 6.07) is 4.01. The normalized spacial score (nSPS) is 10.8. The van der Waals surface area contributed by atoms with Gasteiger partial charge in [-0.2, -0.15) is 5.26 Å². The third kappa shape index (κ3) is 2.72. The van der Waals surface area contributed by atoms with Crippen LogP contribution in [-0.4, -0.2) is 5.84 Å². The topological polar surface area (TPSA) is 48.2 Å². The quantitative estimate of drug-likeness (QED) is 0.325. The molecule has 1 aromatic rings. The van der Waals surface area contributed by atoms with E-state index < -0.39 is 0 Å². The van der Waals surface area contributed by atoms with Gasteiger partial charge in [-0.15, -0.1) is 11.3 Å². The Morgan fingerprint density at radius 1 is 1.83 bits per heavy atom. The molecule has 0 atom stereocenters. The Kier molecular flexibility index (Phi) is 3.30. The molecule has 0 aromatic carbocycles. The number of aliphatic imine (C=N–C) groups is 1. The molecule has 0 saturated carbocycles. The Morgan fingerprint density at radius 2 is 2.67 bits per heavy atom. The summed E-state index contributed by atoms with van der Waals surface area (Å²) in [5.41, 5.74) is 0. The molecule has 0 amide bonds. The maximum atomic E-state index is 8.25. The molecule has 62 valence electrons. The lowest BCUT2D eigenvalue weighted by Crippen LogP contribution is -2.12. The first-order valence-corrected chi connectivity index (χ1v) is 4.39. The Balaban J connectivity index is 2.45. The van der Waals surface area contributed by atoms with Crippen molar-refractivity contribution in [3.8, 4) is 6.19 Å². The predicted molar refractivity (Wildman–Crippen MR) is 49.9 cm³/mol. The van der Waals surface area contributed by atoms with Crippen molar-refractivity contribution in [2.24, 2.45) is 4.99 Å². The van der Waals surface area contributed by atoms with Crippen molar-refractivity contribution in [2.75, 3.05) is 0 Å². The third-order valence-electron chi connectivity index (χ3n) is 1.29. The lowest BCUT2D eigenvalue weighted by Gasteiger charge is -1.93. The van der Waals surface area contributed by atoms with Crippen LogP contribution in [0.5, 0.6) is 0 Å². The zero-order chi connectivity index (χ0) is 8.81. The second-order valence-corrected chi connectivity index (χ2v) is 3.25. The molecule has 0 fully saturated rings. The van der Waals surface area contributed by atoms with Gasteiger partial charge < -0.3 is 0 Å². The first-order chi connectivity index (χ1) is 5.83. The molecule has 1 N–H and O–H groups in total. The van der Waals surface area contributed by atoms with E-state index in [9.17, 15) is 0 Å².